The second-order valence-electron chi connectivity index (χ2n) is 15.2. The molecule has 0 aliphatic carbocycles. The molecule has 13 aromatic rings. The van der Waals surface area contributed by atoms with Gasteiger partial charge in [-0.15, -0.1) is 22.7 Å². The van der Waals surface area contributed by atoms with E-state index in [0.29, 0.717) is 0 Å². The van der Waals surface area contributed by atoms with Crippen molar-refractivity contribution in [1.29, 1.82) is 0 Å². The molecule has 0 aliphatic heterocycles. The molecule has 0 fully saturated rings. The highest BCUT2D eigenvalue weighted by Crippen LogP contribution is 2.49. The Bertz CT molecular complexity index is 3760. The molecule has 264 valence electrons. The summed E-state index contributed by atoms with van der Waals surface area (Å²) in [5, 5.41) is 16.1. The van der Waals surface area contributed by atoms with E-state index in [9.17, 15) is 0 Å². The summed E-state index contributed by atoms with van der Waals surface area (Å²) in [6.07, 6.45) is 0. The van der Waals surface area contributed by atoms with Crippen LogP contribution in [0.3, 0.4) is 0 Å². The fourth-order valence-electron chi connectivity index (χ4n) is 9.44. The Morgan fingerprint density at radius 2 is 1.02 bits per heavy atom. The zero-order valence-corrected chi connectivity index (χ0v) is 32.2. The smallest absolute Gasteiger partial charge is 0.143 e. The molecular weight excluding hydrogens is 729 g/mol. The highest BCUT2D eigenvalue weighted by molar-refractivity contribution is 7.27. The van der Waals surface area contributed by atoms with Crippen LogP contribution in [0.1, 0.15) is 0 Å². The van der Waals surface area contributed by atoms with Crippen molar-refractivity contribution < 1.29 is 4.42 Å². The first-order valence-electron chi connectivity index (χ1n) is 19.4. The van der Waals surface area contributed by atoms with Crippen LogP contribution in [0.5, 0.6) is 0 Å². The molecule has 0 atom stereocenters. The Balaban J connectivity index is 1.05. The van der Waals surface area contributed by atoms with Gasteiger partial charge in [-0.25, -0.2) is 0 Å². The number of hydrogen-bond acceptors (Lipinski definition) is 3. The van der Waals surface area contributed by atoms with Crippen LogP contribution in [0.2, 0.25) is 0 Å². The van der Waals surface area contributed by atoms with Crippen molar-refractivity contribution in [2.45, 2.75) is 0 Å². The Hall–Kier alpha value is -6.78. The zero-order valence-electron chi connectivity index (χ0n) is 30.5. The normalized spacial score (nSPS) is 12.2. The van der Waals surface area contributed by atoms with Crippen LogP contribution in [0.25, 0.3) is 128 Å². The van der Waals surface area contributed by atoms with Crippen molar-refractivity contribution in [3.8, 4) is 32.7 Å². The molecular formula is C54H30OS2. The Morgan fingerprint density at radius 1 is 0.333 bits per heavy atom. The topological polar surface area (TPSA) is 13.1 Å². The van der Waals surface area contributed by atoms with Crippen LogP contribution in [-0.2, 0) is 0 Å². The third kappa shape index (κ3) is 4.61. The molecule has 57 heavy (non-hydrogen) atoms. The molecule has 3 heterocycles. The molecule has 3 aromatic heterocycles. The number of rotatable bonds is 3. The predicted molar refractivity (Wildman–Crippen MR) is 248 cm³/mol. The van der Waals surface area contributed by atoms with Crippen molar-refractivity contribution in [3.63, 3.8) is 0 Å². The largest absolute Gasteiger partial charge is 0.455 e. The van der Waals surface area contributed by atoms with Gasteiger partial charge >= 0.3 is 0 Å². The molecule has 0 aliphatic rings. The first-order valence-corrected chi connectivity index (χ1v) is 21.0. The molecule has 0 amide bonds. The molecule has 1 nitrogen and oxygen atoms in total. The van der Waals surface area contributed by atoms with Crippen LogP contribution in [0, 0.1) is 0 Å². The Labute approximate surface area is 335 Å². The van der Waals surface area contributed by atoms with Crippen molar-refractivity contribution in [1.82, 2.24) is 0 Å². The summed E-state index contributed by atoms with van der Waals surface area (Å²) in [5.41, 5.74) is 8.16. The number of thiophene rings is 2. The lowest BCUT2D eigenvalue weighted by atomic mass is 9.84. The van der Waals surface area contributed by atoms with Gasteiger partial charge in [0, 0.05) is 45.9 Å². The van der Waals surface area contributed by atoms with Gasteiger partial charge < -0.3 is 4.42 Å². The lowest BCUT2D eigenvalue weighted by Gasteiger charge is -2.18. The van der Waals surface area contributed by atoms with Crippen molar-refractivity contribution in [2.75, 3.05) is 0 Å². The number of furan rings is 1. The quantitative estimate of drug-likeness (QED) is 0.164. The van der Waals surface area contributed by atoms with E-state index in [1.165, 1.54) is 101 Å². The van der Waals surface area contributed by atoms with Gasteiger partial charge in [-0.2, -0.15) is 0 Å². The SMILES string of the molecule is c1ccc2cc(-c3cc4cc5c(cc4s3)sc3cccc(-c4c6ccccc6c(-c6ccc7ccc8c9ccccc9oc8c7c6)c6ccccc46)c35)ccc2c1. The minimum Gasteiger partial charge on any atom is -0.455 e. The van der Waals surface area contributed by atoms with Gasteiger partial charge in [0.15, 0.2) is 0 Å². The van der Waals surface area contributed by atoms with Gasteiger partial charge in [0.25, 0.3) is 0 Å². The van der Waals surface area contributed by atoms with Crippen LogP contribution >= 0.6 is 22.7 Å². The molecule has 0 radical (unpaired) electrons. The van der Waals surface area contributed by atoms with E-state index in [4.69, 9.17) is 4.42 Å². The highest BCUT2D eigenvalue weighted by Gasteiger charge is 2.21. The number of hydrogen-bond donors (Lipinski definition) is 0. The van der Waals surface area contributed by atoms with Gasteiger partial charge in [0.2, 0.25) is 0 Å². The van der Waals surface area contributed by atoms with Gasteiger partial charge in [0.1, 0.15) is 11.2 Å². The second-order valence-corrected chi connectivity index (χ2v) is 17.3. The maximum Gasteiger partial charge on any atom is 0.143 e. The predicted octanol–water partition coefficient (Wildman–Crippen LogP) is 16.8. The standard InChI is InChI=1S/C54H30OS2/c1-2-11-33-26-34(22-20-31(33)10-1)48-29-36-28-45-50(30-49(36)57-48)56-47-19-9-17-43(53(45)47)52-40-15-5-3-13-38(40)51(39-14-4-6-16-41(39)52)35-23-21-32-24-25-42-37-12-7-8-18-46(37)55-54(42)44(32)27-35/h1-30H. The molecule has 0 saturated heterocycles. The minimum absolute atomic E-state index is 0.922. The third-order valence-corrected chi connectivity index (χ3v) is 14.3. The summed E-state index contributed by atoms with van der Waals surface area (Å²) in [6, 6.07) is 67.3. The first-order chi connectivity index (χ1) is 28.2. The van der Waals surface area contributed by atoms with Gasteiger partial charge in [-0.1, -0.05) is 133 Å². The van der Waals surface area contributed by atoms with E-state index in [-0.39, 0.29) is 0 Å². The van der Waals surface area contributed by atoms with E-state index < -0.39 is 0 Å². The minimum atomic E-state index is 0.922. The second kappa shape index (κ2) is 11.9. The van der Waals surface area contributed by atoms with E-state index in [1.807, 2.05) is 28.7 Å². The van der Waals surface area contributed by atoms with E-state index in [0.717, 1.165) is 27.3 Å². The van der Waals surface area contributed by atoms with Crippen LogP contribution in [0.15, 0.2) is 186 Å². The number of para-hydroxylation sites is 1. The summed E-state index contributed by atoms with van der Waals surface area (Å²) in [7, 11) is 0. The Morgan fingerprint density at radius 3 is 1.84 bits per heavy atom. The summed E-state index contributed by atoms with van der Waals surface area (Å²) in [5.74, 6) is 0. The zero-order chi connectivity index (χ0) is 37.2. The summed E-state index contributed by atoms with van der Waals surface area (Å²) in [4.78, 5) is 1.31. The molecule has 3 heteroatoms. The first kappa shape index (κ1) is 31.4. The number of benzene rings is 10. The third-order valence-electron chi connectivity index (χ3n) is 12.0. The Kier molecular flexibility index (Phi) is 6.54. The van der Waals surface area contributed by atoms with Crippen LogP contribution < -0.4 is 0 Å². The molecule has 13 rings (SSSR count). The maximum absolute atomic E-state index is 6.54. The maximum atomic E-state index is 6.54. The average Bonchev–Trinajstić information content (AvgIpc) is 3.97. The average molecular weight is 759 g/mol. The van der Waals surface area contributed by atoms with E-state index >= 15 is 0 Å². The number of fused-ring (bicyclic) bond motifs is 12. The molecule has 0 bridgehead atoms. The van der Waals surface area contributed by atoms with E-state index in [1.54, 1.807) is 0 Å². The van der Waals surface area contributed by atoms with Crippen molar-refractivity contribution in [3.05, 3.63) is 182 Å². The molecule has 0 saturated carbocycles. The summed E-state index contributed by atoms with van der Waals surface area (Å²) >= 11 is 3.79. The van der Waals surface area contributed by atoms with Crippen LogP contribution in [0.4, 0.5) is 0 Å². The van der Waals surface area contributed by atoms with Gasteiger partial charge in [0.05, 0.1) is 0 Å². The van der Waals surface area contributed by atoms with Crippen LogP contribution in [-0.4, -0.2) is 0 Å². The molecule has 0 unspecified atom stereocenters. The lowest BCUT2D eigenvalue weighted by molar-refractivity contribution is 0.672. The van der Waals surface area contributed by atoms with Gasteiger partial charge in [-0.05, 0) is 119 Å². The molecule has 0 N–H and O–H groups in total. The van der Waals surface area contributed by atoms with Gasteiger partial charge in [-0.3, -0.25) is 0 Å². The van der Waals surface area contributed by atoms with Crippen molar-refractivity contribution in [2.24, 2.45) is 0 Å². The fraction of sp³-hybridized carbons (Fsp3) is 0. The highest BCUT2D eigenvalue weighted by atomic mass is 32.1. The lowest BCUT2D eigenvalue weighted by Crippen LogP contribution is -1.91. The molecule has 0 spiro atoms. The fourth-order valence-corrected chi connectivity index (χ4v) is 11.7. The summed E-state index contributed by atoms with van der Waals surface area (Å²) in [6.45, 7) is 0. The molecule has 10 aromatic carbocycles. The summed E-state index contributed by atoms with van der Waals surface area (Å²) < 4.78 is 10.5. The van der Waals surface area contributed by atoms with E-state index in [2.05, 4.69) is 176 Å². The van der Waals surface area contributed by atoms with Crippen molar-refractivity contribution >= 4 is 118 Å². The monoisotopic (exact) mass is 758 g/mol.